The highest BCUT2D eigenvalue weighted by molar-refractivity contribution is 5.80. The van der Waals surface area contributed by atoms with Crippen LogP contribution in [0.2, 0.25) is 0 Å². The van der Waals surface area contributed by atoms with Gasteiger partial charge >= 0.3 is 5.97 Å². The standard InChI is InChI=1S/C60H107NO10/c1-4-7-10-13-16-19-22-25-26-27-30-32-35-38-41-44-47-53(64)59(68)61-51(52(63)46-43-40-37-34-31-28-23-20-17-14-11-8-5-2)50-69-60-58(57(67)56(66)54(49-62)70-60)71-55(65)48-45-42-39-36-33-29-24-21-18-15-12-9-6-3/h16,19,25-26,29,33,39,42-43,46,51-54,56-58,60,62-64,66-67H,4-15,17-18,20-24,27-28,30-32,34-38,40-41,44-45,47-50H2,1-3H3,(H,61,68)/b19-16-,26-25-,33-29-,42-39+,46-43+. The normalized spacial score (nSPS) is 20.0. The van der Waals surface area contributed by atoms with E-state index in [1.165, 1.54) is 122 Å². The first kappa shape index (κ1) is 66.4. The second kappa shape index (κ2) is 48.3. The summed E-state index contributed by atoms with van der Waals surface area (Å²) in [7, 11) is 0. The Bertz CT molecular complexity index is 1380. The van der Waals surface area contributed by atoms with Gasteiger partial charge in [0.2, 0.25) is 5.91 Å². The highest BCUT2D eigenvalue weighted by atomic mass is 16.7. The van der Waals surface area contributed by atoms with E-state index in [4.69, 9.17) is 14.2 Å². The summed E-state index contributed by atoms with van der Waals surface area (Å²) in [5, 5.41) is 56.8. The lowest BCUT2D eigenvalue weighted by Gasteiger charge is -2.41. The van der Waals surface area contributed by atoms with Crippen molar-refractivity contribution < 1.29 is 49.3 Å². The number of carbonyl (C=O) groups excluding carboxylic acids is 2. The van der Waals surface area contributed by atoms with E-state index in [0.717, 1.165) is 77.0 Å². The van der Waals surface area contributed by atoms with Gasteiger partial charge in [0.05, 0.1) is 25.4 Å². The van der Waals surface area contributed by atoms with Crippen molar-refractivity contribution in [1.82, 2.24) is 5.32 Å². The summed E-state index contributed by atoms with van der Waals surface area (Å²) in [6.45, 7) is 5.71. The molecule has 6 N–H and O–H groups in total. The lowest BCUT2D eigenvalue weighted by atomic mass is 9.99. The first-order valence-electron chi connectivity index (χ1n) is 29.1. The van der Waals surface area contributed by atoms with Crippen molar-refractivity contribution in [3.05, 3.63) is 60.8 Å². The number of nitrogens with one attached hydrogen (secondary N) is 1. The van der Waals surface area contributed by atoms with Gasteiger partial charge in [-0.15, -0.1) is 0 Å². The molecule has 11 nitrogen and oxygen atoms in total. The number of aliphatic hydroxyl groups excluding tert-OH is 5. The molecule has 0 aliphatic carbocycles. The highest BCUT2D eigenvalue weighted by Crippen LogP contribution is 2.26. The average molecular weight is 1000 g/mol. The summed E-state index contributed by atoms with van der Waals surface area (Å²) in [6, 6.07) is -1.04. The van der Waals surface area contributed by atoms with Crippen LogP contribution in [-0.2, 0) is 23.8 Å². The molecule has 1 rings (SSSR count). The summed E-state index contributed by atoms with van der Waals surface area (Å²) in [6.07, 6.45) is 48.4. The van der Waals surface area contributed by atoms with Crippen LogP contribution in [0.5, 0.6) is 0 Å². The zero-order chi connectivity index (χ0) is 51.8. The van der Waals surface area contributed by atoms with Crippen LogP contribution in [0.1, 0.15) is 245 Å². The number of hydrogen-bond donors (Lipinski definition) is 6. The molecule has 0 radical (unpaired) electrons. The molecule has 0 spiro atoms. The van der Waals surface area contributed by atoms with Gasteiger partial charge in [0.1, 0.15) is 24.4 Å². The zero-order valence-corrected chi connectivity index (χ0v) is 45.3. The van der Waals surface area contributed by atoms with E-state index < -0.39 is 67.4 Å². The van der Waals surface area contributed by atoms with Crippen LogP contribution in [0.4, 0.5) is 0 Å². The molecule has 8 atom stereocenters. The monoisotopic (exact) mass is 1000 g/mol. The molecule has 0 aromatic rings. The van der Waals surface area contributed by atoms with E-state index in [0.29, 0.717) is 12.8 Å². The Labute approximate surface area is 433 Å². The van der Waals surface area contributed by atoms with E-state index in [9.17, 15) is 35.1 Å². The molecule has 1 saturated heterocycles. The second-order valence-corrected chi connectivity index (χ2v) is 20.0. The fraction of sp³-hybridized carbons (Fsp3) is 0.800. The molecule has 0 saturated carbocycles. The Morgan fingerprint density at radius 2 is 0.972 bits per heavy atom. The number of esters is 1. The molecule has 0 bridgehead atoms. The molecule has 71 heavy (non-hydrogen) atoms. The van der Waals surface area contributed by atoms with Crippen LogP contribution in [0.25, 0.3) is 0 Å². The van der Waals surface area contributed by atoms with Gasteiger partial charge in [0, 0.05) is 6.42 Å². The molecule has 0 aromatic carbocycles. The zero-order valence-electron chi connectivity index (χ0n) is 45.3. The predicted molar refractivity (Wildman–Crippen MR) is 292 cm³/mol. The summed E-state index contributed by atoms with van der Waals surface area (Å²) < 4.78 is 17.5. The molecule has 1 heterocycles. The SMILES string of the molecule is CCCCC/C=C\C/C=C\CCCCCCCCC(O)C(=O)NC(COC1OC(CO)C(O)C(O)C1OC(=O)CC/C=C/C/C=C\CCCCCCCC)C(O)/C=C/CCCCCCCCCCCCC. The van der Waals surface area contributed by atoms with Crippen LogP contribution in [0.3, 0.4) is 0 Å². The number of ether oxygens (including phenoxy) is 3. The van der Waals surface area contributed by atoms with Crippen LogP contribution in [0.15, 0.2) is 60.8 Å². The molecular formula is C60H107NO10. The van der Waals surface area contributed by atoms with Gasteiger partial charge in [-0.3, -0.25) is 9.59 Å². The molecule has 1 fully saturated rings. The van der Waals surface area contributed by atoms with Crippen LogP contribution in [0, 0.1) is 0 Å². The van der Waals surface area contributed by atoms with Crippen molar-refractivity contribution in [1.29, 1.82) is 0 Å². The first-order chi connectivity index (χ1) is 34.7. The average Bonchev–Trinajstić information content (AvgIpc) is 3.37. The Kier molecular flexibility index (Phi) is 45.2. The fourth-order valence-corrected chi connectivity index (χ4v) is 8.73. The molecule has 1 aliphatic rings. The molecule has 1 amide bonds. The van der Waals surface area contributed by atoms with Gasteiger partial charge in [0.15, 0.2) is 12.4 Å². The Morgan fingerprint density at radius 1 is 0.549 bits per heavy atom. The third-order valence-electron chi connectivity index (χ3n) is 13.4. The summed E-state index contributed by atoms with van der Waals surface area (Å²) in [5.74, 6) is -1.27. The van der Waals surface area contributed by atoms with Crippen molar-refractivity contribution in [2.75, 3.05) is 13.2 Å². The van der Waals surface area contributed by atoms with Crippen molar-refractivity contribution in [3.63, 3.8) is 0 Å². The van der Waals surface area contributed by atoms with Crippen molar-refractivity contribution in [2.24, 2.45) is 0 Å². The summed E-state index contributed by atoms with van der Waals surface area (Å²) in [5.41, 5.74) is 0. The van der Waals surface area contributed by atoms with E-state index in [2.05, 4.69) is 62.5 Å². The number of aliphatic hydroxyl groups is 5. The van der Waals surface area contributed by atoms with E-state index in [1.54, 1.807) is 6.08 Å². The predicted octanol–water partition coefficient (Wildman–Crippen LogP) is 13.1. The largest absolute Gasteiger partial charge is 0.454 e. The van der Waals surface area contributed by atoms with Gasteiger partial charge in [-0.05, 0) is 77.0 Å². The summed E-state index contributed by atoms with van der Waals surface area (Å²) in [4.78, 5) is 26.4. The minimum Gasteiger partial charge on any atom is -0.454 e. The van der Waals surface area contributed by atoms with E-state index in [-0.39, 0.29) is 19.4 Å². The smallest absolute Gasteiger partial charge is 0.306 e. The van der Waals surface area contributed by atoms with Crippen molar-refractivity contribution in [2.45, 2.75) is 294 Å². The summed E-state index contributed by atoms with van der Waals surface area (Å²) >= 11 is 0. The number of unbranched alkanes of at least 4 members (excludes halogenated alkanes) is 26. The topological polar surface area (TPSA) is 175 Å². The molecule has 412 valence electrons. The fourth-order valence-electron chi connectivity index (χ4n) is 8.73. The number of carbonyl (C=O) groups is 2. The molecule has 1 aliphatic heterocycles. The Balaban J connectivity index is 2.78. The number of allylic oxidation sites excluding steroid dienone is 9. The maximum Gasteiger partial charge on any atom is 0.306 e. The van der Waals surface area contributed by atoms with Gasteiger partial charge < -0.3 is 45.1 Å². The number of amides is 1. The number of hydrogen-bond acceptors (Lipinski definition) is 10. The maximum absolute atomic E-state index is 13.4. The van der Waals surface area contributed by atoms with E-state index in [1.807, 2.05) is 18.2 Å². The lowest BCUT2D eigenvalue weighted by Crippen LogP contribution is -2.61. The highest BCUT2D eigenvalue weighted by Gasteiger charge is 2.47. The van der Waals surface area contributed by atoms with E-state index >= 15 is 0 Å². The Hall–Kier alpha value is -2.64. The maximum atomic E-state index is 13.4. The quantitative estimate of drug-likeness (QED) is 0.0196. The minimum absolute atomic E-state index is 0.0157. The lowest BCUT2D eigenvalue weighted by molar-refractivity contribution is -0.305. The number of rotatable bonds is 48. The van der Waals surface area contributed by atoms with Gasteiger partial charge in [-0.25, -0.2) is 0 Å². The van der Waals surface area contributed by atoms with Crippen LogP contribution in [-0.4, -0.2) is 99.6 Å². The van der Waals surface area contributed by atoms with Gasteiger partial charge in [0.25, 0.3) is 0 Å². The molecule has 8 unspecified atom stereocenters. The molecular weight excluding hydrogens is 895 g/mol. The molecule has 11 heteroatoms. The van der Waals surface area contributed by atoms with Gasteiger partial charge in [-0.1, -0.05) is 223 Å². The third kappa shape index (κ3) is 36.9. The van der Waals surface area contributed by atoms with Crippen molar-refractivity contribution >= 4 is 11.9 Å². The molecule has 0 aromatic heterocycles. The van der Waals surface area contributed by atoms with Crippen LogP contribution >= 0.6 is 0 Å². The van der Waals surface area contributed by atoms with Gasteiger partial charge in [-0.2, -0.15) is 0 Å². The first-order valence-corrected chi connectivity index (χ1v) is 29.1. The van der Waals surface area contributed by atoms with Crippen molar-refractivity contribution in [3.8, 4) is 0 Å². The Morgan fingerprint density at radius 3 is 1.46 bits per heavy atom. The van der Waals surface area contributed by atoms with Crippen LogP contribution < -0.4 is 5.32 Å². The third-order valence-corrected chi connectivity index (χ3v) is 13.4. The minimum atomic E-state index is -1.64. The second-order valence-electron chi connectivity index (χ2n) is 20.0.